The molecule has 1 aromatic carbocycles. The maximum Gasteiger partial charge on any atom is 0.407 e. The van der Waals surface area contributed by atoms with E-state index in [9.17, 15) is 18.3 Å². The van der Waals surface area contributed by atoms with Crippen molar-refractivity contribution in [1.82, 2.24) is 19.8 Å². The molecule has 196 valence electrons. The van der Waals surface area contributed by atoms with Gasteiger partial charge in [-0.05, 0) is 71.6 Å². The lowest BCUT2D eigenvalue weighted by Crippen LogP contribution is -2.51. The lowest BCUT2D eigenvalue weighted by molar-refractivity contribution is 0.0391. The highest BCUT2D eigenvalue weighted by atomic mass is 32.2. The zero-order valence-corrected chi connectivity index (χ0v) is 22.7. The highest BCUT2D eigenvalue weighted by Crippen LogP contribution is 2.24. The van der Waals surface area contributed by atoms with E-state index in [0.717, 1.165) is 16.7 Å². The third-order valence-electron chi connectivity index (χ3n) is 5.36. The summed E-state index contributed by atoms with van der Waals surface area (Å²) >= 11 is 0. The standard InChI is InChI=1S/C25H40N4O5S/c1-16(2)9-11-22(26-24(31)34-25(6,7)8)23(30)15-29(14-17(3)4)35(32,33)19-10-12-21-20(13-19)18(5)27-28-21/h10,12-13,17,22-23,30H,1,9,11,14-15H2,2-8H3,(H,26,31)(H,27,28)/t22-,23+/m0/s1. The Morgan fingerprint density at radius 1 is 1.29 bits per heavy atom. The summed E-state index contributed by atoms with van der Waals surface area (Å²) in [5.74, 6) is 0.0176. The third kappa shape index (κ3) is 8.33. The van der Waals surface area contributed by atoms with Crippen LogP contribution >= 0.6 is 0 Å². The van der Waals surface area contributed by atoms with Crippen molar-refractivity contribution < 1.29 is 23.1 Å². The van der Waals surface area contributed by atoms with Gasteiger partial charge in [0.1, 0.15) is 5.60 Å². The molecule has 0 saturated carbocycles. The molecule has 35 heavy (non-hydrogen) atoms. The number of hydrogen-bond donors (Lipinski definition) is 3. The SMILES string of the molecule is C=C(C)CC[C@H](NC(=O)OC(C)(C)C)[C@H](O)CN(CC(C)C)S(=O)(=O)c1ccc2n[nH]c(C)c2c1. The molecule has 2 rings (SSSR count). The van der Waals surface area contributed by atoms with Crippen LogP contribution in [0.5, 0.6) is 0 Å². The predicted molar refractivity (Wildman–Crippen MR) is 138 cm³/mol. The van der Waals surface area contributed by atoms with Gasteiger partial charge >= 0.3 is 6.09 Å². The molecule has 0 radical (unpaired) electrons. The lowest BCUT2D eigenvalue weighted by Gasteiger charge is -2.31. The summed E-state index contributed by atoms with van der Waals surface area (Å²) in [5, 5.41) is 21.6. The van der Waals surface area contributed by atoms with Crippen LogP contribution in [0.15, 0.2) is 35.2 Å². The second-order valence-electron chi connectivity index (χ2n) is 10.6. The number of nitrogens with one attached hydrogen (secondary N) is 2. The van der Waals surface area contributed by atoms with E-state index < -0.39 is 33.9 Å². The second-order valence-corrected chi connectivity index (χ2v) is 12.5. The summed E-state index contributed by atoms with van der Waals surface area (Å²) < 4.78 is 33.9. The first kappa shape index (κ1) is 28.8. The highest BCUT2D eigenvalue weighted by Gasteiger charge is 2.32. The van der Waals surface area contributed by atoms with Crippen LogP contribution in [0.4, 0.5) is 4.79 Å². The number of sulfonamides is 1. The predicted octanol–water partition coefficient (Wildman–Crippen LogP) is 4.13. The average Bonchev–Trinajstić information content (AvgIpc) is 3.09. The van der Waals surface area contributed by atoms with Crippen molar-refractivity contribution in [1.29, 1.82) is 0 Å². The minimum Gasteiger partial charge on any atom is -0.444 e. The van der Waals surface area contributed by atoms with Crippen LogP contribution < -0.4 is 5.32 Å². The molecule has 9 nitrogen and oxygen atoms in total. The number of rotatable bonds is 11. The summed E-state index contributed by atoms with van der Waals surface area (Å²) in [6.45, 7) is 16.7. The molecule has 10 heteroatoms. The number of aryl methyl sites for hydroxylation is 1. The number of hydrogen-bond acceptors (Lipinski definition) is 6. The number of aliphatic hydroxyl groups is 1. The molecule has 0 saturated heterocycles. The third-order valence-corrected chi connectivity index (χ3v) is 7.19. The van der Waals surface area contributed by atoms with Gasteiger partial charge in [0.2, 0.25) is 10.0 Å². The molecular formula is C25H40N4O5S. The Hall–Kier alpha value is -2.43. The van der Waals surface area contributed by atoms with Gasteiger partial charge in [0, 0.05) is 24.2 Å². The maximum atomic E-state index is 13.6. The van der Waals surface area contributed by atoms with E-state index in [4.69, 9.17) is 4.74 Å². The summed E-state index contributed by atoms with van der Waals surface area (Å²) in [5.41, 5.74) is 1.64. The first-order valence-corrected chi connectivity index (χ1v) is 13.3. The van der Waals surface area contributed by atoms with Crippen LogP contribution in [0.25, 0.3) is 10.9 Å². The van der Waals surface area contributed by atoms with Crippen LogP contribution in [0, 0.1) is 12.8 Å². The molecule has 1 aromatic heterocycles. The molecule has 0 spiro atoms. The molecule has 1 heterocycles. The van der Waals surface area contributed by atoms with Crippen molar-refractivity contribution in [3.63, 3.8) is 0 Å². The normalized spacial score (nSPS) is 14.3. The van der Waals surface area contributed by atoms with Gasteiger partial charge in [-0.25, -0.2) is 13.2 Å². The first-order chi connectivity index (χ1) is 16.1. The molecule has 2 aromatic rings. The molecule has 0 fully saturated rings. The topological polar surface area (TPSA) is 125 Å². The largest absolute Gasteiger partial charge is 0.444 e. The van der Waals surface area contributed by atoms with E-state index in [2.05, 4.69) is 22.1 Å². The summed E-state index contributed by atoms with van der Waals surface area (Å²) in [6.07, 6.45) is -0.867. The number of allylic oxidation sites excluding steroid dienone is 1. The van der Waals surface area contributed by atoms with Crippen molar-refractivity contribution >= 4 is 27.0 Å². The Kier molecular flexibility index (Phi) is 9.49. The van der Waals surface area contributed by atoms with Gasteiger partial charge in [-0.1, -0.05) is 19.4 Å². The number of aromatic nitrogens is 2. The van der Waals surface area contributed by atoms with E-state index in [1.807, 2.05) is 27.7 Å². The van der Waals surface area contributed by atoms with Crippen LogP contribution in [0.2, 0.25) is 0 Å². The Labute approximate surface area is 209 Å². The fourth-order valence-corrected chi connectivity index (χ4v) is 5.31. The van der Waals surface area contributed by atoms with Gasteiger partial charge in [-0.2, -0.15) is 9.40 Å². The number of nitrogens with zero attached hydrogens (tertiary/aromatic N) is 2. The van der Waals surface area contributed by atoms with Crippen molar-refractivity contribution in [2.45, 2.75) is 84.0 Å². The number of alkyl carbamates (subject to hydrolysis) is 1. The molecule has 1 amide bonds. The maximum absolute atomic E-state index is 13.6. The Bertz CT molecular complexity index is 1130. The van der Waals surface area contributed by atoms with Crippen molar-refractivity contribution in [3.05, 3.63) is 36.0 Å². The Morgan fingerprint density at radius 3 is 2.51 bits per heavy atom. The number of H-pyrrole nitrogens is 1. The summed E-state index contributed by atoms with van der Waals surface area (Å²) in [6, 6.07) is 4.07. The number of fused-ring (bicyclic) bond motifs is 1. The number of carbonyl (C=O) groups excluding carboxylic acids is 1. The molecule has 0 aliphatic rings. The van der Waals surface area contributed by atoms with Crippen LogP contribution in [0.3, 0.4) is 0 Å². The molecular weight excluding hydrogens is 468 g/mol. The van der Waals surface area contributed by atoms with Gasteiger partial charge in [0.25, 0.3) is 0 Å². The Balaban J connectivity index is 2.32. The van der Waals surface area contributed by atoms with Gasteiger partial charge in [0.15, 0.2) is 0 Å². The van der Waals surface area contributed by atoms with Gasteiger partial charge in [-0.15, -0.1) is 6.58 Å². The van der Waals surface area contributed by atoms with E-state index in [1.165, 1.54) is 10.4 Å². The van der Waals surface area contributed by atoms with Gasteiger partial charge < -0.3 is 15.2 Å². The molecule has 0 aliphatic carbocycles. The zero-order chi connectivity index (χ0) is 26.6. The quantitative estimate of drug-likeness (QED) is 0.392. The zero-order valence-electron chi connectivity index (χ0n) is 21.9. The van der Waals surface area contributed by atoms with Crippen molar-refractivity contribution in [2.75, 3.05) is 13.1 Å². The molecule has 2 atom stereocenters. The highest BCUT2D eigenvalue weighted by molar-refractivity contribution is 7.89. The van der Waals surface area contributed by atoms with E-state index >= 15 is 0 Å². The van der Waals surface area contributed by atoms with Crippen molar-refractivity contribution in [2.24, 2.45) is 5.92 Å². The van der Waals surface area contributed by atoms with Crippen LogP contribution in [-0.4, -0.2) is 65.0 Å². The monoisotopic (exact) mass is 508 g/mol. The lowest BCUT2D eigenvalue weighted by atomic mass is 10.0. The molecule has 0 bridgehead atoms. The number of ether oxygens (including phenoxy) is 1. The van der Waals surface area contributed by atoms with E-state index in [1.54, 1.807) is 32.9 Å². The molecule has 0 unspecified atom stereocenters. The van der Waals surface area contributed by atoms with E-state index in [0.29, 0.717) is 18.4 Å². The summed E-state index contributed by atoms with van der Waals surface area (Å²) in [4.78, 5) is 12.5. The number of carbonyl (C=O) groups is 1. The first-order valence-electron chi connectivity index (χ1n) is 11.9. The van der Waals surface area contributed by atoms with Crippen molar-refractivity contribution in [3.8, 4) is 0 Å². The minimum absolute atomic E-state index is 0.0176. The van der Waals surface area contributed by atoms with Gasteiger partial charge in [-0.3, -0.25) is 5.10 Å². The van der Waals surface area contributed by atoms with Crippen LogP contribution in [-0.2, 0) is 14.8 Å². The molecule has 3 N–H and O–H groups in total. The van der Waals surface area contributed by atoms with E-state index in [-0.39, 0.29) is 23.9 Å². The van der Waals surface area contributed by atoms with Gasteiger partial charge in [0.05, 0.1) is 22.6 Å². The number of aromatic amines is 1. The minimum atomic E-state index is -3.93. The fourth-order valence-electron chi connectivity index (χ4n) is 3.66. The number of amides is 1. The smallest absolute Gasteiger partial charge is 0.407 e. The second kappa shape index (κ2) is 11.5. The van der Waals surface area contributed by atoms with Crippen LogP contribution in [0.1, 0.15) is 60.1 Å². The average molecular weight is 509 g/mol. The summed E-state index contributed by atoms with van der Waals surface area (Å²) in [7, 11) is -3.93. The Morgan fingerprint density at radius 2 is 1.94 bits per heavy atom. The molecule has 0 aliphatic heterocycles. The number of benzene rings is 1. The number of aliphatic hydroxyl groups excluding tert-OH is 1. The fraction of sp³-hybridized carbons (Fsp3) is 0.600.